The minimum Gasteiger partial charge on any atom is -0.481 e. The van der Waals surface area contributed by atoms with Gasteiger partial charge in [-0.2, -0.15) is 0 Å². The Balaban J connectivity index is 1.68. The number of rotatable bonds is 4. The van der Waals surface area contributed by atoms with E-state index in [9.17, 15) is 14.7 Å². The fourth-order valence-corrected chi connectivity index (χ4v) is 2.32. The first-order valence-corrected chi connectivity index (χ1v) is 6.48. The van der Waals surface area contributed by atoms with Crippen LogP contribution in [0.15, 0.2) is 0 Å². The quantitative estimate of drug-likeness (QED) is 0.587. The molecule has 0 spiro atoms. The summed E-state index contributed by atoms with van der Waals surface area (Å²) in [6, 6.07) is -0.211. The normalized spacial score (nSPS) is 29.4. The number of aliphatic hydroxyl groups excluding tert-OH is 1. The molecule has 2 aliphatic carbocycles. The molecule has 6 heteroatoms. The Morgan fingerprint density at radius 3 is 2.28 bits per heavy atom. The number of hydrogen-bond donors (Lipinski definition) is 4. The molecule has 0 aromatic carbocycles. The Labute approximate surface area is 106 Å². The van der Waals surface area contributed by atoms with Crippen molar-refractivity contribution in [3.8, 4) is 0 Å². The monoisotopic (exact) mass is 256 g/mol. The summed E-state index contributed by atoms with van der Waals surface area (Å²) in [5, 5.41) is 23.8. The van der Waals surface area contributed by atoms with Gasteiger partial charge in [-0.25, -0.2) is 4.79 Å². The molecule has 2 fully saturated rings. The Morgan fingerprint density at radius 2 is 1.78 bits per heavy atom. The molecule has 0 atom stereocenters. The van der Waals surface area contributed by atoms with E-state index in [1.165, 1.54) is 0 Å². The predicted octanol–water partition coefficient (Wildman–Crippen LogP) is 0.454. The van der Waals surface area contributed by atoms with Gasteiger partial charge < -0.3 is 20.8 Å². The van der Waals surface area contributed by atoms with Crippen LogP contribution in [0.4, 0.5) is 4.79 Å². The van der Waals surface area contributed by atoms with Crippen LogP contribution in [0, 0.1) is 5.41 Å². The highest BCUT2D eigenvalue weighted by molar-refractivity contribution is 5.80. The van der Waals surface area contributed by atoms with Gasteiger partial charge in [0.2, 0.25) is 0 Å². The lowest BCUT2D eigenvalue weighted by atomic mass is 9.93. The van der Waals surface area contributed by atoms with Crippen molar-refractivity contribution in [1.82, 2.24) is 10.6 Å². The van der Waals surface area contributed by atoms with E-state index in [2.05, 4.69) is 10.6 Å². The van der Waals surface area contributed by atoms with Gasteiger partial charge in [-0.15, -0.1) is 0 Å². The lowest BCUT2D eigenvalue weighted by molar-refractivity contribution is -0.143. The third-order valence-corrected chi connectivity index (χ3v) is 3.93. The molecule has 102 valence electrons. The summed E-state index contributed by atoms with van der Waals surface area (Å²) in [5.74, 6) is -0.830. The van der Waals surface area contributed by atoms with Crippen LogP contribution in [0.25, 0.3) is 0 Å². The molecule has 0 aromatic rings. The summed E-state index contributed by atoms with van der Waals surface area (Å²) in [7, 11) is 0. The van der Waals surface area contributed by atoms with Crippen LogP contribution in [-0.2, 0) is 4.79 Å². The van der Waals surface area contributed by atoms with Crippen LogP contribution in [0.5, 0.6) is 0 Å². The molecule has 4 N–H and O–H groups in total. The standard InChI is InChI=1S/C12H20N2O4/c15-9-3-1-8(2-4-9)14-11(18)13-7-12(5-6-12)10(16)17/h8-9,15H,1-7H2,(H,16,17)(H2,13,14,18). The molecule has 0 unspecified atom stereocenters. The second-order valence-corrected chi connectivity index (χ2v) is 5.42. The minimum atomic E-state index is -0.830. The smallest absolute Gasteiger partial charge is 0.315 e. The largest absolute Gasteiger partial charge is 0.481 e. The number of nitrogens with one attached hydrogen (secondary N) is 2. The number of carbonyl (C=O) groups excluding carboxylic acids is 1. The molecule has 0 saturated heterocycles. The van der Waals surface area contributed by atoms with E-state index in [1.54, 1.807) is 0 Å². The fraction of sp³-hybridized carbons (Fsp3) is 0.833. The van der Waals surface area contributed by atoms with Gasteiger partial charge >= 0.3 is 12.0 Å². The molecule has 0 aromatic heterocycles. The summed E-state index contributed by atoms with van der Waals surface area (Å²) in [5.41, 5.74) is -0.722. The average molecular weight is 256 g/mol. The highest BCUT2D eigenvalue weighted by Crippen LogP contribution is 2.45. The molecule has 0 radical (unpaired) electrons. The number of amides is 2. The Morgan fingerprint density at radius 1 is 1.17 bits per heavy atom. The number of carboxylic acid groups (broad SMARTS) is 1. The molecular weight excluding hydrogens is 236 g/mol. The molecule has 6 nitrogen and oxygen atoms in total. The molecule has 2 amide bonds. The summed E-state index contributed by atoms with van der Waals surface area (Å²) in [4.78, 5) is 22.5. The van der Waals surface area contributed by atoms with Gasteiger partial charge in [0.25, 0.3) is 0 Å². The van der Waals surface area contributed by atoms with Gasteiger partial charge in [-0.3, -0.25) is 4.79 Å². The molecule has 0 heterocycles. The summed E-state index contributed by atoms with van der Waals surface area (Å²) in [6.45, 7) is 0.198. The number of carboxylic acids is 1. The van der Waals surface area contributed by atoms with Crippen LogP contribution in [0.1, 0.15) is 38.5 Å². The SMILES string of the molecule is O=C(NCC1(C(=O)O)CC1)NC1CCC(O)CC1. The summed E-state index contributed by atoms with van der Waals surface area (Å²) >= 11 is 0. The van der Waals surface area contributed by atoms with E-state index in [0.29, 0.717) is 25.7 Å². The zero-order chi connectivity index (χ0) is 13.2. The van der Waals surface area contributed by atoms with Crippen LogP contribution in [0.2, 0.25) is 0 Å². The van der Waals surface area contributed by atoms with Gasteiger partial charge in [-0.05, 0) is 38.5 Å². The van der Waals surface area contributed by atoms with Crippen molar-refractivity contribution >= 4 is 12.0 Å². The number of carbonyl (C=O) groups is 2. The second kappa shape index (κ2) is 5.14. The van der Waals surface area contributed by atoms with E-state index in [0.717, 1.165) is 12.8 Å². The Bertz CT molecular complexity index is 333. The first-order chi connectivity index (χ1) is 8.52. The van der Waals surface area contributed by atoms with Crippen LogP contribution in [-0.4, -0.2) is 40.9 Å². The maximum atomic E-state index is 11.6. The first kappa shape index (κ1) is 13.1. The Hall–Kier alpha value is -1.30. The number of aliphatic carboxylic acids is 1. The zero-order valence-electron chi connectivity index (χ0n) is 10.3. The van der Waals surface area contributed by atoms with Crippen molar-refractivity contribution in [2.24, 2.45) is 5.41 Å². The van der Waals surface area contributed by atoms with E-state index >= 15 is 0 Å². The molecule has 18 heavy (non-hydrogen) atoms. The van der Waals surface area contributed by atoms with Crippen LogP contribution < -0.4 is 10.6 Å². The third kappa shape index (κ3) is 3.13. The number of aliphatic hydroxyl groups is 1. The third-order valence-electron chi connectivity index (χ3n) is 3.93. The molecule has 2 aliphatic rings. The zero-order valence-corrected chi connectivity index (χ0v) is 10.3. The predicted molar refractivity (Wildman–Crippen MR) is 64.1 cm³/mol. The van der Waals surface area contributed by atoms with Gasteiger partial charge in [0.15, 0.2) is 0 Å². The topological polar surface area (TPSA) is 98.7 Å². The van der Waals surface area contributed by atoms with E-state index in [1.807, 2.05) is 0 Å². The maximum Gasteiger partial charge on any atom is 0.315 e. The van der Waals surface area contributed by atoms with Crippen LogP contribution >= 0.6 is 0 Å². The maximum absolute atomic E-state index is 11.6. The highest BCUT2D eigenvalue weighted by atomic mass is 16.4. The number of urea groups is 1. The van der Waals surface area contributed by atoms with Crippen molar-refractivity contribution in [2.45, 2.75) is 50.7 Å². The van der Waals surface area contributed by atoms with Gasteiger partial charge in [-0.1, -0.05) is 0 Å². The van der Waals surface area contributed by atoms with Gasteiger partial charge in [0.05, 0.1) is 11.5 Å². The fourth-order valence-electron chi connectivity index (χ4n) is 2.32. The molecular formula is C12H20N2O4. The van der Waals surface area contributed by atoms with Crippen molar-refractivity contribution in [1.29, 1.82) is 0 Å². The van der Waals surface area contributed by atoms with Gasteiger partial charge in [0, 0.05) is 12.6 Å². The second-order valence-electron chi connectivity index (χ2n) is 5.42. The molecule has 0 aliphatic heterocycles. The molecule has 0 bridgehead atoms. The van der Waals surface area contributed by atoms with Crippen molar-refractivity contribution in [3.63, 3.8) is 0 Å². The van der Waals surface area contributed by atoms with Crippen molar-refractivity contribution < 1.29 is 19.8 Å². The van der Waals surface area contributed by atoms with E-state index in [4.69, 9.17) is 5.11 Å². The lowest BCUT2D eigenvalue weighted by Crippen LogP contribution is -2.46. The molecule has 2 saturated carbocycles. The molecule has 2 rings (SSSR count). The van der Waals surface area contributed by atoms with Crippen LogP contribution in [0.3, 0.4) is 0 Å². The number of hydrogen-bond acceptors (Lipinski definition) is 3. The van der Waals surface area contributed by atoms with Crippen molar-refractivity contribution in [2.75, 3.05) is 6.54 Å². The average Bonchev–Trinajstić information content (AvgIpc) is 3.11. The highest BCUT2D eigenvalue weighted by Gasteiger charge is 2.50. The Kier molecular flexibility index (Phi) is 3.75. The summed E-state index contributed by atoms with van der Waals surface area (Å²) in [6.07, 6.45) is 4.01. The summed E-state index contributed by atoms with van der Waals surface area (Å²) < 4.78 is 0. The minimum absolute atomic E-state index is 0.0911. The lowest BCUT2D eigenvalue weighted by Gasteiger charge is -2.26. The first-order valence-electron chi connectivity index (χ1n) is 6.48. The van der Waals surface area contributed by atoms with Gasteiger partial charge in [0.1, 0.15) is 0 Å². The van der Waals surface area contributed by atoms with Crippen molar-refractivity contribution in [3.05, 3.63) is 0 Å². The van der Waals surface area contributed by atoms with E-state index in [-0.39, 0.29) is 24.7 Å². The van der Waals surface area contributed by atoms with E-state index < -0.39 is 11.4 Å².